The Labute approximate surface area is 176 Å². The van der Waals surface area contributed by atoms with Gasteiger partial charge in [0.25, 0.3) is 11.5 Å². The topological polar surface area (TPSA) is 94.5 Å². The zero-order chi connectivity index (χ0) is 21.4. The zero-order valence-electron chi connectivity index (χ0n) is 16.6. The molecular weight excluding hydrogens is 404 g/mol. The molecule has 1 aliphatic heterocycles. The molecule has 0 saturated heterocycles. The average molecular weight is 424 g/mol. The van der Waals surface area contributed by atoms with Gasteiger partial charge >= 0.3 is 0 Å². The monoisotopic (exact) mass is 424 g/mol. The molecule has 30 heavy (non-hydrogen) atoms. The minimum Gasteiger partial charge on any atom is -0.483 e. The van der Waals surface area contributed by atoms with Crippen LogP contribution in [0.4, 0.5) is 0 Å². The number of aryl methyl sites for hydroxylation is 1. The second kappa shape index (κ2) is 7.87. The number of amides is 1. The predicted molar refractivity (Wildman–Crippen MR) is 113 cm³/mol. The summed E-state index contributed by atoms with van der Waals surface area (Å²) in [6, 6.07) is 10.7. The summed E-state index contributed by atoms with van der Waals surface area (Å²) in [5.41, 5.74) is 0.390. The first-order valence-corrected chi connectivity index (χ1v) is 10.4. The molecule has 8 heteroatoms. The van der Waals surface area contributed by atoms with Gasteiger partial charge in [-0.1, -0.05) is 12.1 Å². The predicted octanol–water partition coefficient (Wildman–Crippen LogP) is 3.02. The summed E-state index contributed by atoms with van der Waals surface area (Å²) in [5.74, 6) is -0.230. The van der Waals surface area contributed by atoms with E-state index in [0.29, 0.717) is 21.5 Å². The van der Waals surface area contributed by atoms with Crippen LogP contribution in [0.25, 0.3) is 10.9 Å². The largest absolute Gasteiger partial charge is 0.483 e. The van der Waals surface area contributed by atoms with E-state index in [-0.39, 0.29) is 48.0 Å². The normalized spacial score (nSPS) is 15.5. The molecule has 0 aliphatic carbocycles. The Morgan fingerprint density at radius 2 is 1.97 bits per heavy atom. The Bertz CT molecular complexity index is 1240. The molecule has 0 saturated carbocycles. The van der Waals surface area contributed by atoms with Gasteiger partial charge in [-0.2, -0.15) is 0 Å². The van der Waals surface area contributed by atoms with Crippen LogP contribution in [0.5, 0.6) is 5.75 Å². The highest BCUT2D eigenvalue weighted by Gasteiger charge is 2.33. The average Bonchev–Trinajstić information content (AvgIpc) is 3.21. The van der Waals surface area contributed by atoms with E-state index in [2.05, 4.69) is 5.32 Å². The first kappa shape index (κ1) is 20.0. The van der Waals surface area contributed by atoms with E-state index in [9.17, 15) is 19.2 Å². The second-order valence-electron chi connectivity index (χ2n) is 7.23. The van der Waals surface area contributed by atoms with Crippen LogP contribution in [0.1, 0.15) is 50.8 Å². The molecule has 3 heterocycles. The minimum atomic E-state index is -0.565. The third-order valence-corrected chi connectivity index (χ3v) is 6.27. The minimum absolute atomic E-state index is 0.00770. The number of carbonyl (C=O) groups excluding carboxylic acids is 3. The van der Waals surface area contributed by atoms with Crippen LogP contribution in [0.3, 0.4) is 0 Å². The van der Waals surface area contributed by atoms with Gasteiger partial charge in [-0.25, -0.2) is 0 Å². The van der Waals surface area contributed by atoms with Crippen LogP contribution >= 0.6 is 11.3 Å². The maximum atomic E-state index is 12.8. The standard InChI is InChI=1S/C22H20N2O5S/c1-12(25)9-10-23-21(27)18-8-7-17(30-18)16-11-15(26)19-20(29-16)13-5-3-4-6-14(13)24(2)22(19)28/h3-8,16H,9-11H2,1-2H3,(H,23,27). The lowest BCUT2D eigenvalue weighted by Gasteiger charge is -2.26. The number of rotatable bonds is 5. The van der Waals surface area contributed by atoms with Gasteiger partial charge in [0.15, 0.2) is 5.78 Å². The van der Waals surface area contributed by atoms with Gasteiger partial charge in [-0.15, -0.1) is 11.3 Å². The molecule has 154 valence electrons. The number of fused-ring (bicyclic) bond motifs is 3. The number of thiophene rings is 1. The van der Waals surface area contributed by atoms with E-state index in [0.717, 1.165) is 4.88 Å². The van der Waals surface area contributed by atoms with Gasteiger partial charge in [0.2, 0.25) is 0 Å². The number of ether oxygens (including phenoxy) is 1. The molecule has 7 nitrogen and oxygen atoms in total. The molecule has 1 aromatic carbocycles. The summed E-state index contributed by atoms with van der Waals surface area (Å²) in [5, 5.41) is 3.41. The highest BCUT2D eigenvalue weighted by Crippen LogP contribution is 2.39. The van der Waals surface area contributed by atoms with Crippen molar-refractivity contribution < 1.29 is 19.1 Å². The Balaban J connectivity index is 1.64. The van der Waals surface area contributed by atoms with E-state index in [1.165, 1.54) is 22.8 Å². The van der Waals surface area contributed by atoms with Gasteiger partial charge in [-0.05, 0) is 31.2 Å². The summed E-state index contributed by atoms with van der Waals surface area (Å²) < 4.78 is 7.61. The third kappa shape index (κ3) is 3.54. The van der Waals surface area contributed by atoms with Crippen molar-refractivity contribution in [3.8, 4) is 5.75 Å². The summed E-state index contributed by atoms with van der Waals surface area (Å²) in [6.07, 6.45) is -0.250. The molecule has 0 fully saturated rings. The van der Waals surface area contributed by atoms with Gasteiger partial charge in [-0.3, -0.25) is 19.2 Å². The van der Waals surface area contributed by atoms with Crippen molar-refractivity contribution in [1.82, 2.24) is 9.88 Å². The smallest absolute Gasteiger partial charge is 0.265 e. The van der Waals surface area contributed by atoms with Crippen molar-refractivity contribution in [2.45, 2.75) is 25.9 Å². The van der Waals surface area contributed by atoms with E-state index in [4.69, 9.17) is 4.74 Å². The number of nitrogens with zero attached hydrogens (tertiary/aromatic N) is 1. The molecule has 0 bridgehead atoms. The van der Waals surface area contributed by atoms with Crippen molar-refractivity contribution in [3.63, 3.8) is 0 Å². The number of para-hydroxylation sites is 1. The lowest BCUT2D eigenvalue weighted by molar-refractivity contribution is -0.116. The van der Waals surface area contributed by atoms with Crippen molar-refractivity contribution >= 4 is 39.7 Å². The van der Waals surface area contributed by atoms with Crippen molar-refractivity contribution in [3.05, 3.63) is 62.1 Å². The molecule has 4 rings (SSSR count). The molecule has 1 amide bonds. The first-order chi connectivity index (χ1) is 14.4. The van der Waals surface area contributed by atoms with Crippen molar-refractivity contribution in [1.29, 1.82) is 0 Å². The number of nitrogens with one attached hydrogen (secondary N) is 1. The van der Waals surface area contributed by atoms with E-state index >= 15 is 0 Å². The van der Waals surface area contributed by atoms with Gasteiger partial charge in [0.1, 0.15) is 23.2 Å². The van der Waals surface area contributed by atoms with Crippen LogP contribution in [-0.4, -0.2) is 28.6 Å². The molecule has 3 aromatic rings. The van der Waals surface area contributed by atoms with E-state index in [1.807, 2.05) is 24.3 Å². The van der Waals surface area contributed by atoms with E-state index < -0.39 is 6.10 Å². The summed E-state index contributed by atoms with van der Waals surface area (Å²) in [4.78, 5) is 50.0. The summed E-state index contributed by atoms with van der Waals surface area (Å²) >= 11 is 1.24. The zero-order valence-corrected chi connectivity index (χ0v) is 17.4. The van der Waals surface area contributed by atoms with Crippen LogP contribution < -0.4 is 15.6 Å². The number of hydrogen-bond donors (Lipinski definition) is 1. The number of Topliss-reactive ketones (excluding diaryl/α,β-unsaturated/α-hetero) is 2. The highest BCUT2D eigenvalue weighted by atomic mass is 32.1. The highest BCUT2D eigenvalue weighted by molar-refractivity contribution is 7.14. The Morgan fingerprint density at radius 3 is 2.73 bits per heavy atom. The van der Waals surface area contributed by atoms with Crippen LogP contribution in [0, 0.1) is 0 Å². The second-order valence-corrected chi connectivity index (χ2v) is 8.34. The number of carbonyl (C=O) groups is 3. The van der Waals surface area contributed by atoms with Gasteiger partial charge < -0.3 is 14.6 Å². The molecule has 1 atom stereocenters. The van der Waals surface area contributed by atoms with Crippen LogP contribution in [0.2, 0.25) is 0 Å². The molecule has 1 unspecified atom stereocenters. The number of pyridine rings is 1. The fourth-order valence-electron chi connectivity index (χ4n) is 3.54. The Hall–Kier alpha value is -3.26. The maximum Gasteiger partial charge on any atom is 0.265 e. The molecule has 1 aliphatic rings. The quantitative estimate of drug-likeness (QED) is 0.679. The molecule has 2 aromatic heterocycles. The van der Waals surface area contributed by atoms with Crippen molar-refractivity contribution in [2.24, 2.45) is 7.05 Å². The lowest BCUT2D eigenvalue weighted by Crippen LogP contribution is -2.31. The van der Waals surface area contributed by atoms with Gasteiger partial charge in [0.05, 0.1) is 16.8 Å². The maximum absolute atomic E-state index is 12.8. The molecular formula is C22H20N2O5S. The number of benzene rings is 1. The first-order valence-electron chi connectivity index (χ1n) is 9.55. The Kier molecular flexibility index (Phi) is 5.26. The summed E-state index contributed by atoms with van der Waals surface area (Å²) in [6.45, 7) is 1.75. The molecule has 1 N–H and O–H groups in total. The fourth-order valence-corrected chi connectivity index (χ4v) is 4.49. The molecule has 0 radical (unpaired) electrons. The van der Waals surface area contributed by atoms with Crippen LogP contribution in [-0.2, 0) is 11.8 Å². The SMILES string of the molecule is CC(=O)CCNC(=O)c1ccc(C2CC(=O)c3c(c4ccccc4n(C)c3=O)O2)s1. The lowest BCUT2D eigenvalue weighted by atomic mass is 9.98. The van der Waals surface area contributed by atoms with Crippen molar-refractivity contribution in [2.75, 3.05) is 6.54 Å². The summed E-state index contributed by atoms with van der Waals surface area (Å²) in [7, 11) is 1.64. The molecule has 0 spiro atoms. The van der Waals surface area contributed by atoms with Crippen LogP contribution in [0.15, 0.2) is 41.2 Å². The number of ketones is 2. The number of aromatic nitrogens is 1. The number of hydrogen-bond acceptors (Lipinski definition) is 6. The van der Waals surface area contributed by atoms with Gasteiger partial charge in [0, 0.05) is 30.3 Å². The Morgan fingerprint density at radius 1 is 1.20 bits per heavy atom. The van der Waals surface area contributed by atoms with E-state index in [1.54, 1.807) is 19.2 Å². The fraction of sp³-hybridized carbons (Fsp3) is 0.273. The third-order valence-electron chi connectivity index (χ3n) is 5.10.